The highest BCUT2D eigenvalue weighted by Crippen LogP contribution is 2.26. The van der Waals surface area contributed by atoms with Gasteiger partial charge in [-0.1, -0.05) is 18.5 Å². The zero-order valence-electron chi connectivity index (χ0n) is 7.75. The lowest BCUT2D eigenvalue weighted by molar-refractivity contribution is 0.140. The summed E-state index contributed by atoms with van der Waals surface area (Å²) in [5.41, 5.74) is 0. The fraction of sp³-hybridized carbons (Fsp3) is 0.556. The second-order valence-corrected chi connectivity index (χ2v) is 4.34. The zero-order chi connectivity index (χ0) is 9.84. The topological polar surface area (TPSA) is 32.3 Å². The third kappa shape index (κ3) is 2.95. The van der Waals surface area contributed by atoms with Gasteiger partial charge in [-0.05, 0) is 19.5 Å². The number of likely N-dealkylation sites (N-methyl/N-ethyl adjacent to an activating group) is 1. The first-order chi connectivity index (χ1) is 6.15. The summed E-state index contributed by atoms with van der Waals surface area (Å²) in [4.78, 5) is 0.915. The summed E-state index contributed by atoms with van der Waals surface area (Å²) in [6, 6.07) is 1.88. The highest BCUT2D eigenvalue weighted by molar-refractivity contribution is 7.10. The maximum Gasteiger partial charge on any atom is 0.103 e. The summed E-state index contributed by atoms with van der Waals surface area (Å²) >= 11 is 7.26. The fourth-order valence-corrected chi connectivity index (χ4v) is 2.33. The van der Waals surface area contributed by atoms with Gasteiger partial charge in [-0.25, -0.2) is 0 Å². The summed E-state index contributed by atoms with van der Waals surface area (Å²) < 4.78 is 0. The van der Waals surface area contributed by atoms with Gasteiger partial charge in [0.05, 0.1) is 5.02 Å². The molecule has 1 heterocycles. The molecule has 2 nitrogen and oxygen atoms in total. The lowest BCUT2D eigenvalue weighted by Gasteiger charge is -2.17. The van der Waals surface area contributed by atoms with Gasteiger partial charge in [0, 0.05) is 16.3 Å². The zero-order valence-corrected chi connectivity index (χ0v) is 9.32. The van der Waals surface area contributed by atoms with Gasteiger partial charge in [-0.15, -0.1) is 11.3 Å². The highest BCUT2D eigenvalue weighted by atomic mass is 35.5. The molecule has 74 valence electrons. The van der Waals surface area contributed by atoms with E-state index in [4.69, 9.17) is 11.6 Å². The molecule has 4 heteroatoms. The Hall–Kier alpha value is -0.0900. The largest absolute Gasteiger partial charge is 0.386 e. The van der Waals surface area contributed by atoms with Crippen molar-refractivity contribution in [3.63, 3.8) is 0 Å². The molecule has 1 rings (SSSR count). The monoisotopic (exact) mass is 219 g/mol. The second-order valence-electron chi connectivity index (χ2n) is 2.96. The lowest BCUT2D eigenvalue weighted by Crippen LogP contribution is -2.31. The Kier molecular flexibility index (Phi) is 4.19. The minimum atomic E-state index is -0.461. The van der Waals surface area contributed by atoms with Gasteiger partial charge in [0.1, 0.15) is 6.10 Å². The molecule has 13 heavy (non-hydrogen) atoms. The molecule has 2 unspecified atom stereocenters. The number of thiophene rings is 1. The molecule has 1 aromatic rings. The molecule has 2 N–H and O–H groups in total. The molecule has 0 aliphatic heterocycles. The van der Waals surface area contributed by atoms with Crippen molar-refractivity contribution < 1.29 is 5.11 Å². The van der Waals surface area contributed by atoms with E-state index in [1.807, 2.05) is 25.3 Å². The van der Waals surface area contributed by atoms with Crippen molar-refractivity contribution in [3.05, 3.63) is 21.3 Å². The van der Waals surface area contributed by atoms with Crippen LogP contribution in [0.3, 0.4) is 0 Å². The Balaban J connectivity index is 2.61. The van der Waals surface area contributed by atoms with Crippen LogP contribution in [0, 0.1) is 0 Å². The van der Waals surface area contributed by atoms with Crippen LogP contribution in [0.4, 0.5) is 0 Å². The quantitative estimate of drug-likeness (QED) is 0.816. The molecule has 0 aromatic carbocycles. The van der Waals surface area contributed by atoms with Gasteiger partial charge in [0.2, 0.25) is 0 Å². The summed E-state index contributed by atoms with van der Waals surface area (Å²) in [5, 5.41) is 15.5. The highest BCUT2D eigenvalue weighted by Gasteiger charge is 2.16. The van der Waals surface area contributed by atoms with Crippen LogP contribution >= 0.6 is 22.9 Å². The minimum Gasteiger partial charge on any atom is -0.386 e. The molecule has 1 aromatic heterocycles. The van der Waals surface area contributed by atoms with Gasteiger partial charge < -0.3 is 10.4 Å². The van der Waals surface area contributed by atoms with Crippen molar-refractivity contribution in [2.75, 3.05) is 6.54 Å². The van der Waals surface area contributed by atoms with E-state index in [0.717, 1.165) is 11.4 Å². The molecule has 2 atom stereocenters. The fourth-order valence-electron chi connectivity index (χ4n) is 1.16. The SMILES string of the molecule is CCNC(C)C(O)c1cc(Cl)cs1. The third-order valence-electron chi connectivity index (χ3n) is 1.88. The molecule has 0 spiro atoms. The van der Waals surface area contributed by atoms with Gasteiger partial charge >= 0.3 is 0 Å². The van der Waals surface area contributed by atoms with E-state index in [-0.39, 0.29) is 6.04 Å². The van der Waals surface area contributed by atoms with E-state index in [0.29, 0.717) is 5.02 Å². The van der Waals surface area contributed by atoms with E-state index in [1.54, 1.807) is 0 Å². The molecule has 0 fully saturated rings. The van der Waals surface area contributed by atoms with E-state index >= 15 is 0 Å². The number of nitrogens with one attached hydrogen (secondary N) is 1. The average Bonchev–Trinajstić information content (AvgIpc) is 2.51. The first-order valence-corrected chi connectivity index (χ1v) is 5.56. The summed E-state index contributed by atoms with van der Waals surface area (Å²) in [5.74, 6) is 0. The van der Waals surface area contributed by atoms with E-state index < -0.39 is 6.10 Å². The maximum absolute atomic E-state index is 9.82. The first kappa shape index (κ1) is 11.0. The smallest absolute Gasteiger partial charge is 0.103 e. The maximum atomic E-state index is 9.82. The Bertz CT molecular complexity index is 264. The number of hydrogen-bond donors (Lipinski definition) is 2. The number of aliphatic hydroxyl groups excluding tert-OH is 1. The molecule has 0 aliphatic carbocycles. The van der Waals surface area contributed by atoms with Crippen LogP contribution in [-0.4, -0.2) is 17.7 Å². The van der Waals surface area contributed by atoms with Crippen molar-refractivity contribution >= 4 is 22.9 Å². The standard InChI is InChI=1S/C9H14ClNOS/c1-3-11-6(2)9(12)8-4-7(10)5-13-8/h4-6,9,11-12H,3H2,1-2H3. The predicted octanol–water partition coefficient (Wildman–Crippen LogP) is 2.43. The van der Waals surface area contributed by atoms with Crippen LogP contribution in [0.15, 0.2) is 11.4 Å². The van der Waals surface area contributed by atoms with E-state index in [2.05, 4.69) is 5.32 Å². The number of rotatable bonds is 4. The van der Waals surface area contributed by atoms with Crippen LogP contribution in [0.2, 0.25) is 5.02 Å². The number of halogens is 1. The Labute approximate surface area is 87.5 Å². The molecule has 0 amide bonds. The summed E-state index contributed by atoms with van der Waals surface area (Å²) in [7, 11) is 0. The van der Waals surface area contributed by atoms with Crippen LogP contribution in [0.1, 0.15) is 24.8 Å². The van der Waals surface area contributed by atoms with Crippen LogP contribution in [0.25, 0.3) is 0 Å². The van der Waals surface area contributed by atoms with Crippen molar-refractivity contribution in [1.29, 1.82) is 0 Å². The molecule has 0 bridgehead atoms. The molecular weight excluding hydrogens is 206 g/mol. The van der Waals surface area contributed by atoms with Crippen molar-refractivity contribution in [3.8, 4) is 0 Å². The summed E-state index contributed by atoms with van der Waals surface area (Å²) in [6.07, 6.45) is -0.461. The first-order valence-electron chi connectivity index (χ1n) is 4.30. The molecule has 0 saturated carbocycles. The molecular formula is C9H14ClNOS. The number of hydrogen-bond acceptors (Lipinski definition) is 3. The van der Waals surface area contributed by atoms with Crippen molar-refractivity contribution in [2.24, 2.45) is 0 Å². The van der Waals surface area contributed by atoms with Gasteiger partial charge in [0.15, 0.2) is 0 Å². The predicted molar refractivity (Wildman–Crippen MR) is 57.4 cm³/mol. The van der Waals surface area contributed by atoms with Gasteiger partial charge in [0.25, 0.3) is 0 Å². The second kappa shape index (κ2) is 4.96. The van der Waals surface area contributed by atoms with Crippen LogP contribution in [0.5, 0.6) is 0 Å². The van der Waals surface area contributed by atoms with Crippen molar-refractivity contribution in [2.45, 2.75) is 26.0 Å². The van der Waals surface area contributed by atoms with E-state index in [1.165, 1.54) is 11.3 Å². The Morgan fingerprint density at radius 2 is 2.38 bits per heavy atom. The third-order valence-corrected chi connectivity index (χ3v) is 3.23. The van der Waals surface area contributed by atoms with Gasteiger partial charge in [-0.3, -0.25) is 0 Å². The average molecular weight is 220 g/mol. The molecule has 0 saturated heterocycles. The normalized spacial score (nSPS) is 15.7. The number of aliphatic hydroxyl groups is 1. The van der Waals surface area contributed by atoms with Crippen LogP contribution < -0.4 is 5.32 Å². The van der Waals surface area contributed by atoms with E-state index in [9.17, 15) is 5.11 Å². The summed E-state index contributed by atoms with van der Waals surface area (Å²) in [6.45, 7) is 4.84. The minimum absolute atomic E-state index is 0.0692. The van der Waals surface area contributed by atoms with Gasteiger partial charge in [-0.2, -0.15) is 0 Å². The Morgan fingerprint density at radius 3 is 2.85 bits per heavy atom. The van der Waals surface area contributed by atoms with Crippen molar-refractivity contribution in [1.82, 2.24) is 5.32 Å². The molecule has 0 aliphatic rings. The lowest BCUT2D eigenvalue weighted by atomic mass is 10.1. The van der Waals surface area contributed by atoms with Crippen LogP contribution in [-0.2, 0) is 0 Å². The molecule has 0 radical (unpaired) electrons. The Morgan fingerprint density at radius 1 is 1.69 bits per heavy atom.